The molecule has 0 saturated heterocycles. The fraction of sp³-hybridized carbons (Fsp3) is 0.278. The summed E-state index contributed by atoms with van der Waals surface area (Å²) in [5, 5.41) is 8.69. The Labute approximate surface area is 141 Å². The Hall–Kier alpha value is -2.36. The third kappa shape index (κ3) is 3.58. The van der Waals surface area contributed by atoms with Gasteiger partial charge >= 0.3 is 0 Å². The van der Waals surface area contributed by atoms with Crippen molar-refractivity contribution in [2.24, 2.45) is 0 Å². The number of ether oxygens (including phenoxy) is 1. The van der Waals surface area contributed by atoms with Crippen molar-refractivity contribution in [3.8, 4) is 11.8 Å². The van der Waals surface area contributed by atoms with E-state index in [2.05, 4.69) is 4.72 Å². The average Bonchev–Trinajstić information content (AvgIpc) is 2.78. The Morgan fingerprint density at radius 2 is 1.92 bits per heavy atom. The molecule has 0 aromatic heterocycles. The highest BCUT2D eigenvalue weighted by molar-refractivity contribution is 7.89. The average molecular weight is 342 g/mol. The quantitative estimate of drug-likeness (QED) is 0.926. The van der Waals surface area contributed by atoms with Gasteiger partial charge in [0.2, 0.25) is 10.0 Å². The first-order valence-electron chi connectivity index (χ1n) is 7.80. The summed E-state index contributed by atoms with van der Waals surface area (Å²) in [6.45, 7) is 0.581. The molecule has 0 spiro atoms. The highest BCUT2D eigenvalue weighted by Crippen LogP contribution is 2.32. The van der Waals surface area contributed by atoms with E-state index in [0.717, 1.165) is 23.3 Å². The van der Waals surface area contributed by atoms with Crippen molar-refractivity contribution in [3.63, 3.8) is 0 Å². The molecule has 0 aliphatic carbocycles. The Bertz CT molecular complexity index is 855. The first kappa shape index (κ1) is 16.5. The molecule has 0 unspecified atom stereocenters. The molecule has 124 valence electrons. The Kier molecular flexibility index (Phi) is 4.84. The lowest BCUT2D eigenvalue weighted by Gasteiger charge is -2.18. The molecule has 2 aromatic rings. The van der Waals surface area contributed by atoms with E-state index in [4.69, 9.17) is 10.00 Å². The number of hydrogen-bond donors (Lipinski definition) is 1. The second kappa shape index (κ2) is 7.04. The minimum atomic E-state index is -3.64. The molecule has 1 aliphatic rings. The van der Waals surface area contributed by atoms with E-state index in [-0.39, 0.29) is 17.4 Å². The molecule has 0 saturated carbocycles. The maximum absolute atomic E-state index is 12.7. The zero-order valence-corrected chi connectivity index (χ0v) is 13.9. The van der Waals surface area contributed by atoms with E-state index < -0.39 is 10.0 Å². The van der Waals surface area contributed by atoms with Crippen LogP contribution in [0.5, 0.6) is 5.75 Å². The number of para-hydroxylation sites is 1. The van der Waals surface area contributed by atoms with Crippen molar-refractivity contribution in [1.29, 1.82) is 5.26 Å². The van der Waals surface area contributed by atoms with Gasteiger partial charge in [-0.05, 0) is 36.6 Å². The SMILES string of the molecule is N#CCc1ccc(S(=O)(=O)N[C@@H]2CCCOc3ccccc32)cc1. The number of nitrogens with zero attached hydrogens (tertiary/aromatic N) is 1. The largest absolute Gasteiger partial charge is 0.493 e. The van der Waals surface area contributed by atoms with Gasteiger partial charge in [0.15, 0.2) is 0 Å². The first-order chi connectivity index (χ1) is 11.6. The normalized spacial score (nSPS) is 17.2. The highest BCUT2D eigenvalue weighted by Gasteiger charge is 2.25. The van der Waals surface area contributed by atoms with Crippen LogP contribution in [0.2, 0.25) is 0 Å². The highest BCUT2D eigenvalue weighted by atomic mass is 32.2. The van der Waals surface area contributed by atoms with E-state index in [9.17, 15) is 8.42 Å². The summed E-state index contributed by atoms with van der Waals surface area (Å²) >= 11 is 0. The molecule has 6 heteroatoms. The van der Waals surface area contributed by atoms with Crippen LogP contribution < -0.4 is 9.46 Å². The summed E-state index contributed by atoms with van der Waals surface area (Å²) in [5.41, 5.74) is 1.66. The Morgan fingerprint density at radius 3 is 2.67 bits per heavy atom. The predicted octanol–water partition coefficient (Wildman–Crippen LogP) is 2.94. The second-order valence-corrected chi connectivity index (χ2v) is 7.40. The fourth-order valence-electron chi connectivity index (χ4n) is 2.78. The Balaban J connectivity index is 1.85. The maximum Gasteiger partial charge on any atom is 0.241 e. The Morgan fingerprint density at radius 1 is 1.17 bits per heavy atom. The lowest BCUT2D eigenvalue weighted by Crippen LogP contribution is -2.28. The first-order valence-corrected chi connectivity index (χ1v) is 9.28. The molecule has 0 radical (unpaired) electrons. The molecule has 3 rings (SSSR count). The molecule has 24 heavy (non-hydrogen) atoms. The van der Waals surface area contributed by atoms with Crippen LogP contribution in [0, 0.1) is 11.3 Å². The number of sulfonamides is 1. The van der Waals surface area contributed by atoms with Gasteiger partial charge < -0.3 is 4.74 Å². The summed E-state index contributed by atoms with van der Waals surface area (Å²) in [5.74, 6) is 0.729. The van der Waals surface area contributed by atoms with Gasteiger partial charge in [0.25, 0.3) is 0 Å². The smallest absolute Gasteiger partial charge is 0.241 e. The van der Waals surface area contributed by atoms with Crippen molar-refractivity contribution >= 4 is 10.0 Å². The molecule has 5 nitrogen and oxygen atoms in total. The number of fused-ring (bicyclic) bond motifs is 1. The molecule has 0 amide bonds. The number of nitriles is 1. The van der Waals surface area contributed by atoms with Crippen LogP contribution >= 0.6 is 0 Å². The summed E-state index contributed by atoms with van der Waals surface area (Å²) in [6, 6.07) is 15.7. The minimum Gasteiger partial charge on any atom is -0.493 e. The number of hydrogen-bond acceptors (Lipinski definition) is 4. The number of rotatable bonds is 4. The van der Waals surface area contributed by atoms with Gasteiger partial charge in [-0.3, -0.25) is 0 Å². The van der Waals surface area contributed by atoms with Crippen LogP contribution in [0.4, 0.5) is 0 Å². The van der Waals surface area contributed by atoms with Crippen LogP contribution in [-0.2, 0) is 16.4 Å². The van der Waals surface area contributed by atoms with Crippen molar-refractivity contribution in [2.45, 2.75) is 30.2 Å². The van der Waals surface area contributed by atoms with Gasteiger partial charge in [0.1, 0.15) is 5.75 Å². The molecule has 0 bridgehead atoms. The summed E-state index contributed by atoms with van der Waals surface area (Å²) in [7, 11) is -3.64. The second-order valence-electron chi connectivity index (χ2n) is 5.68. The molecule has 2 aromatic carbocycles. The van der Waals surface area contributed by atoms with Crippen molar-refractivity contribution < 1.29 is 13.2 Å². The van der Waals surface area contributed by atoms with Crippen molar-refractivity contribution in [2.75, 3.05) is 6.61 Å². The van der Waals surface area contributed by atoms with E-state index >= 15 is 0 Å². The van der Waals surface area contributed by atoms with Crippen molar-refractivity contribution in [1.82, 2.24) is 4.72 Å². The van der Waals surface area contributed by atoms with Gasteiger partial charge in [0.05, 0.1) is 30.0 Å². The molecule has 1 atom stereocenters. The van der Waals surface area contributed by atoms with Crippen LogP contribution in [-0.4, -0.2) is 15.0 Å². The molecule has 1 aliphatic heterocycles. The van der Waals surface area contributed by atoms with Gasteiger partial charge in [-0.15, -0.1) is 0 Å². The van der Waals surface area contributed by atoms with E-state index in [0.29, 0.717) is 13.0 Å². The molecule has 0 fully saturated rings. The van der Waals surface area contributed by atoms with Gasteiger partial charge in [-0.1, -0.05) is 30.3 Å². The van der Waals surface area contributed by atoms with Crippen molar-refractivity contribution in [3.05, 3.63) is 59.7 Å². The molecule has 1 heterocycles. The standard InChI is InChI=1S/C18H18N2O3S/c19-12-11-14-7-9-15(10-8-14)24(21,22)20-17-5-3-13-23-18-6-2-1-4-16(17)18/h1-2,4,6-10,17,20H,3,5,11,13H2/t17-/m1/s1. The van der Waals surface area contributed by atoms with Gasteiger partial charge in [0, 0.05) is 5.56 Å². The zero-order chi connectivity index (χ0) is 17.0. The van der Waals surface area contributed by atoms with Crippen LogP contribution in [0.25, 0.3) is 0 Å². The summed E-state index contributed by atoms with van der Waals surface area (Å²) in [4.78, 5) is 0.201. The number of benzene rings is 2. The fourth-order valence-corrected chi connectivity index (χ4v) is 4.03. The lowest BCUT2D eigenvalue weighted by molar-refractivity contribution is 0.316. The minimum absolute atomic E-state index is 0.201. The monoisotopic (exact) mass is 342 g/mol. The summed E-state index contributed by atoms with van der Waals surface area (Å²) in [6.07, 6.45) is 1.73. The third-order valence-corrected chi connectivity index (χ3v) is 5.49. The van der Waals surface area contributed by atoms with E-state index in [1.165, 1.54) is 12.1 Å². The molecule has 1 N–H and O–H groups in total. The molecular weight excluding hydrogens is 324 g/mol. The predicted molar refractivity (Wildman–Crippen MR) is 90.0 cm³/mol. The van der Waals surface area contributed by atoms with E-state index in [1.54, 1.807) is 12.1 Å². The van der Waals surface area contributed by atoms with Crippen LogP contribution in [0.1, 0.15) is 30.0 Å². The lowest BCUT2D eigenvalue weighted by atomic mass is 10.0. The van der Waals surface area contributed by atoms with E-state index in [1.807, 2.05) is 30.3 Å². The van der Waals surface area contributed by atoms with Gasteiger partial charge in [-0.2, -0.15) is 5.26 Å². The number of nitrogens with one attached hydrogen (secondary N) is 1. The topological polar surface area (TPSA) is 79.2 Å². The maximum atomic E-state index is 12.7. The van der Waals surface area contributed by atoms with Crippen LogP contribution in [0.3, 0.4) is 0 Å². The zero-order valence-electron chi connectivity index (χ0n) is 13.1. The summed E-state index contributed by atoms with van der Waals surface area (Å²) < 4.78 is 33.8. The van der Waals surface area contributed by atoms with Crippen LogP contribution in [0.15, 0.2) is 53.4 Å². The van der Waals surface area contributed by atoms with Gasteiger partial charge in [-0.25, -0.2) is 13.1 Å². The third-order valence-electron chi connectivity index (χ3n) is 4.00. The molecular formula is C18H18N2O3S.